The van der Waals surface area contributed by atoms with Crippen LogP contribution in [0.5, 0.6) is 5.75 Å². The van der Waals surface area contributed by atoms with Gasteiger partial charge in [-0.2, -0.15) is 12.6 Å². The Morgan fingerprint density at radius 2 is 2.12 bits per heavy atom. The molecule has 16 heavy (non-hydrogen) atoms. The van der Waals surface area contributed by atoms with Crippen LogP contribution >= 0.6 is 12.6 Å². The van der Waals surface area contributed by atoms with Crippen molar-refractivity contribution in [1.82, 2.24) is 0 Å². The van der Waals surface area contributed by atoms with Crippen LogP contribution in [0.15, 0.2) is 18.2 Å². The average Bonchev–Trinajstić information content (AvgIpc) is 2.98. The van der Waals surface area contributed by atoms with Crippen LogP contribution in [0.2, 0.25) is 0 Å². The second-order valence-corrected chi connectivity index (χ2v) is 6.08. The summed E-state index contributed by atoms with van der Waals surface area (Å²) in [4.78, 5) is 0. The van der Waals surface area contributed by atoms with Gasteiger partial charge in [0, 0.05) is 4.75 Å². The predicted octanol–water partition coefficient (Wildman–Crippen LogP) is 3.78. The summed E-state index contributed by atoms with van der Waals surface area (Å²) in [5.74, 6) is 0.703. The van der Waals surface area contributed by atoms with E-state index < -0.39 is 0 Å². The largest absolute Gasteiger partial charge is 0.490 e. The fourth-order valence-corrected chi connectivity index (χ4v) is 1.63. The summed E-state index contributed by atoms with van der Waals surface area (Å²) in [5.41, 5.74) is 0.868. The first kappa shape index (κ1) is 11.8. The molecule has 88 valence electrons. The lowest BCUT2D eigenvalue weighted by Gasteiger charge is -2.18. The lowest BCUT2D eigenvalue weighted by molar-refractivity contribution is 0.285. The molecule has 1 aromatic carbocycles. The van der Waals surface area contributed by atoms with Gasteiger partial charge >= 0.3 is 0 Å². The van der Waals surface area contributed by atoms with E-state index in [4.69, 9.17) is 4.74 Å². The van der Waals surface area contributed by atoms with Crippen LogP contribution < -0.4 is 4.74 Å². The van der Waals surface area contributed by atoms with Crippen molar-refractivity contribution in [3.8, 4) is 5.75 Å². The number of halogens is 1. The maximum atomic E-state index is 13.7. The molecule has 1 fully saturated rings. The molecule has 2 rings (SSSR count). The Morgan fingerprint density at radius 3 is 2.62 bits per heavy atom. The molecular formula is C13H17FOS. The van der Waals surface area contributed by atoms with E-state index in [2.05, 4.69) is 12.6 Å². The second kappa shape index (κ2) is 4.28. The molecule has 0 radical (unpaired) electrons. The van der Waals surface area contributed by atoms with Crippen LogP contribution in [-0.2, 0) is 4.75 Å². The molecule has 0 N–H and O–H groups in total. The average molecular weight is 240 g/mol. The van der Waals surface area contributed by atoms with E-state index in [-0.39, 0.29) is 10.6 Å². The molecule has 1 aromatic rings. The van der Waals surface area contributed by atoms with Crippen molar-refractivity contribution in [1.29, 1.82) is 0 Å². The Morgan fingerprint density at radius 1 is 1.44 bits per heavy atom. The van der Waals surface area contributed by atoms with Crippen LogP contribution in [-0.4, -0.2) is 6.61 Å². The Bertz CT molecular complexity index is 380. The van der Waals surface area contributed by atoms with E-state index in [0.717, 1.165) is 5.56 Å². The second-order valence-electron chi connectivity index (χ2n) is 4.96. The molecule has 0 bridgehead atoms. The lowest BCUT2D eigenvalue weighted by Crippen LogP contribution is -2.09. The predicted molar refractivity (Wildman–Crippen MR) is 66.6 cm³/mol. The third-order valence-electron chi connectivity index (χ3n) is 2.81. The maximum Gasteiger partial charge on any atom is 0.165 e. The van der Waals surface area contributed by atoms with Crippen LogP contribution in [0.1, 0.15) is 32.3 Å². The SMILES string of the molecule is CC(C)(S)c1ccc(OCC2CC2)c(F)c1. The Kier molecular flexibility index (Phi) is 3.15. The summed E-state index contributed by atoms with van der Waals surface area (Å²) in [7, 11) is 0. The Hall–Kier alpha value is -0.700. The molecule has 3 heteroatoms. The van der Waals surface area contributed by atoms with Gasteiger partial charge < -0.3 is 4.74 Å². The van der Waals surface area contributed by atoms with Gasteiger partial charge in [-0.25, -0.2) is 4.39 Å². The lowest BCUT2D eigenvalue weighted by atomic mass is 10.0. The number of thiol groups is 1. The van der Waals surface area contributed by atoms with Gasteiger partial charge in [-0.1, -0.05) is 6.07 Å². The van der Waals surface area contributed by atoms with Gasteiger partial charge in [0.15, 0.2) is 11.6 Å². The molecule has 0 saturated heterocycles. The minimum atomic E-state index is -0.324. The molecule has 0 amide bonds. The molecule has 1 aliphatic carbocycles. The van der Waals surface area contributed by atoms with E-state index in [1.165, 1.54) is 18.9 Å². The van der Waals surface area contributed by atoms with E-state index in [1.807, 2.05) is 19.9 Å². The highest BCUT2D eigenvalue weighted by Crippen LogP contribution is 2.32. The molecule has 0 atom stereocenters. The van der Waals surface area contributed by atoms with Crippen molar-refractivity contribution < 1.29 is 9.13 Å². The third kappa shape index (κ3) is 2.91. The zero-order valence-electron chi connectivity index (χ0n) is 9.66. The first-order valence-electron chi connectivity index (χ1n) is 5.62. The molecule has 1 saturated carbocycles. The van der Waals surface area contributed by atoms with Crippen LogP contribution in [0.25, 0.3) is 0 Å². The molecular weight excluding hydrogens is 223 g/mol. The van der Waals surface area contributed by atoms with Gasteiger partial charge in [-0.05, 0) is 50.3 Å². The molecule has 0 heterocycles. The van der Waals surface area contributed by atoms with Crippen molar-refractivity contribution >= 4 is 12.6 Å². The summed E-state index contributed by atoms with van der Waals surface area (Å²) in [6.07, 6.45) is 2.42. The highest BCUT2D eigenvalue weighted by Gasteiger charge is 2.23. The van der Waals surface area contributed by atoms with Gasteiger partial charge in [-0.3, -0.25) is 0 Å². The molecule has 0 aliphatic heterocycles. The highest BCUT2D eigenvalue weighted by atomic mass is 32.1. The van der Waals surface area contributed by atoms with Gasteiger partial charge in [0.25, 0.3) is 0 Å². The summed E-state index contributed by atoms with van der Waals surface area (Å²) >= 11 is 4.41. The van der Waals surface area contributed by atoms with Crippen molar-refractivity contribution in [2.24, 2.45) is 5.92 Å². The summed E-state index contributed by atoms with van der Waals surface area (Å²) < 4.78 is 18.8. The van der Waals surface area contributed by atoms with Crippen LogP contribution in [0.4, 0.5) is 4.39 Å². The van der Waals surface area contributed by atoms with Gasteiger partial charge in [0.2, 0.25) is 0 Å². The first-order valence-corrected chi connectivity index (χ1v) is 6.07. The van der Waals surface area contributed by atoms with Crippen LogP contribution in [0.3, 0.4) is 0 Å². The topological polar surface area (TPSA) is 9.23 Å². The third-order valence-corrected chi connectivity index (χ3v) is 3.07. The van der Waals surface area contributed by atoms with E-state index in [9.17, 15) is 4.39 Å². The van der Waals surface area contributed by atoms with E-state index in [0.29, 0.717) is 18.3 Å². The zero-order chi connectivity index (χ0) is 11.8. The van der Waals surface area contributed by atoms with E-state index >= 15 is 0 Å². The molecule has 1 aliphatic rings. The van der Waals surface area contributed by atoms with Crippen LogP contribution in [0, 0.1) is 11.7 Å². The number of benzene rings is 1. The molecule has 1 nitrogen and oxygen atoms in total. The number of ether oxygens (including phenoxy) is 1. The summed E-state index contributed by atoms with van der Waals surface area (Å²) in [5, 5.41) is 0. The van der Waals surface area contributed by atoms with Crippen molar-refractivity contribution in [3.05, 3.63) is 29.6 Å². The summed E-state index contributed by atoms with van der Waals surface area (Å²) in [6, 6.07) is 5.08. The zero-order valence-corrected chi connectivity index (χ0v) is 10.6. The normalized spacial score (nSPS) is 16.2. The van der Waals surface area contributed by atoms with Gasteiger partial charge in [0.1, 0.15) is 0 Å². The highest BCUT2D eigenvalue weighted by molar-refractivity contribution is 7.81. The number of hydrogen-bond acceptors (Lipinski definition) is 2. The standard InChI is InChI=1S/C13H17FOS/c1-13(2,16)10-5-6-12(11(14)7-10)15-8-9-3-4-9/h5-7,9,16H,3-4,8H2,1-2H3. The number of rotatable bonds is 4. The van der Waals surface area contributed by atoms with E-state index in [1.54, 1.807) is 6.07 Å². The van der Waals surface area contributed by atoms with Gasteiger partial charge in [0.05, 0.1) is 6.61 Å². The Labute approximate surface area is 101 Å². The van der Waals surface area contributed by atoms with Crippen molar-refractivity contribution in [2.45, 2.75) is 31.4 Å². The maximum absolute atomic E-state index is 13.7. The van der Waals surface area contributed by atoms with Gasteiger partial charge in [-0.15, -0.1) is 0 Å². The first-order chi connectivity index (χ1) is 7.47. The fraction of sp³-hybridized carbons (Fsp3) is 0.538. The minimum Gasteiger partial charge on any atom is -0.490 e. The van der Waals surface area contributed by atoms with Crippen molar-refractivity contribution in [2.75, 3.05) is 6.61 Å². The summed E-state index contributed by atoms with van der Waals surface area (Å²) in [6.45, 7) is 4.52. The van der Waals surface area contributed by atoms with Crippen molar-refractivity contribution in [3.63, 3.8) is 0 Å². The quantitative estimate of drug-likeness (QED) is 0.788. The minimum absolute atomic E-state index is 0.291. The molecule has 0 unspecified atom stereocenters. The number of hydrogen-bond donors (Lipinski definition) is 1. The smallest absolute Gasteiger partial charge is 0.165 e. The monoisotopic (exact) mass is 240 g/mol. The molecule has 0 aromatic heterocycles. The molecule has 0 spiro atoms. The Balaban J connectivity index is 2.09. The fourth-order valence-electron chi connectivity index (χ4n) is 1.49.